The zero-order valence-corrected chi connectivity index (χ0v) is 12.0. The second kappa shape index (κ2) is 5.15. The van der Waals surface area contributed by atoms with E-state index in [2.05, 4.69) is 53.9 Å². The number of hydrogen-bond acceptors (Lipinski definition) is 3. The van der Waals surface area contributed by atoms with Gasteiger partial charge in [0.2, 0.25) is 0 Å². The van der Waals surface area contributed by atoms with Crippen LogP contribution in [-0.4, -0.2) is 16.3 Å². The van der Waals surface area contributed by atoms with Gasteiger partial charge in [-0.3, -0.25) is 4.68 Å². The maximum atomic E-state index is 4.62. The molecule has 0 aliphatic carbocycles. The molecule has 0 amide bonds. The summed E-state index contributed by atoms with van der Waals surface area (Å²) >= 11 is 1.81. The minimum atomic E-state index is 0.869. The van der Waals surface area contributed by atoms with E-state index in [0.717, 1.165) is 18.8 Å². The van der Waals surface area contributed by atoms with Gasteiger partial charge in [0.15, 0.2) is 0 Å². The minimum Gasteiger partial charge on any atom is -0.313 e. The third kappa shape index (κ3) is 2.41. The van der Waals surface area contributed by atoms with E-state index in [9.17, 15) is 0 Å². The van der Waals surface area contributed by atoms with Crippen molar-refractivity contribution >= 4 is 21.4 Å². The van der Waals surface area contributed by atoms with Crippen LogP contribution in [0, 0.1) is 0 Å². The minimum absolute atomic E-state index is 0.869. The predicted octanol–water partition coefficient (Wildman–Crippen LogP) is 3.41. The second-order valence-corrected chi connectivity index (χ2v) is 5.69. The third-order valence-corrected chi connectivity index (χ3v) is 4.25. The van der Waals surface area contributed by atoms with Crippen molar-refractivity contribution in [1.29, 1.82) is 0 Å². The summed E-state index contributed by atoms with van der Waals surface area (Å²) < 4.78 is 3.21. The van der Waals surface area contributed by atoms with Crippen LogP contribution in [0.2, 0.25) is 0 Å². The molecular formula is C15H17N3S. The van der Waals surface area contributed by atoms with Gasteiger partial charge < -0.3 is 5.32 Å². The Morgan fingerprint density at radius 2 is 2.16 bits per heavy atom. The van der Waals surface area contributed by atoms with E-state index >= 15 is 0 Å². The van der Waals surface area contributed by atoms with E-state index in [0.29, 0.717) is 0 Å². The molecule has 0 unspecified atom stereocenters. The Morgan fingerprint density at radius 1 is 1.32 bits per heavy atom. The second-order valence-electron chi connectivity index (χ2n) is 4.61. The number of nitrogens with one attached hydrogen (secondary N) is 1. The largest absolute Gasteiger partial charge is 0.313 e. The fourth-order valence-corrected chi connectivity index (χ4v) is 3.32. The van der Waals surface area contributed by atoms with Gasteiger partial charge in [-0.25, -0.2) is 0 Å². The van der Waals surface area contributed by atoms with Gasteiger partial charge in [-0.15, -0.1) is 11.3 Å². The van der Waals surface area contributed by atoms with E-state index in [1.165, 1.54) is 20.5 Å². The Balaban J connectivity index is 2.05. The van der Waals surface area contributed by atoms with Gasteiger partial charge in [-0.05, 0) is 24.1 Å². The van der Waals surface area contributed by atoms with Crippen LogP contribution in [0.1, 0.15) is 12.5 Å². The van der Waals surface area contributed by atoms with Crippen LogP contribution < -0.4 is 5.32 Å². The predicted molar refractivity (Wildman–Crippen MR) is 81.4 cm³/mol. The van der Waals surface area contributed by atoms with Crippen LogP contribution in [0.15, 0.2) is 36.5 Å². The van der Waals surface area contributed by atoms with Crippen molar-refractivity contribution in [3.63, 3.8) is 0 Å². The van der Waals surface area contributed by atoms with Crippen LogP contribution in [0.4, 0.5) is 0 Å². The van der Waals surface area contributed by atoms with Crippen molar-refractivity contribution in [2.45, 2.75) is 13.5 Å². The Kier molecular flexibility index (Phi) is 3.36. The number of hydrogen-bond donors (Lipinski definition) is 1. The lowest BCUT2D eigenvalue weighted by Crippen LogP contribution is -2.11. The average Bonchev–Trinajstić information content (AvgIpc) is 2.99. The van der Waals surface area contributed by atoms with Crippen molar-refractivity contribution < 1.29 is 0 Å². The molecule has 2 aromatic heterocycles. The number of rotatable bonds is 4. The van der Waals surface area contributed by atoms with Crippen molar-refractivity contribution in [3.8, 4) is 10.6 Å². The van der Waals surface area contributed by atoms with E-state index < -0.39 is 0 Å². The van der Waals surface area contributed by atoms with E-state index in [1.807, 2.05) is 23.1 Å². The first-order valence-corrected chi connectivity index (χ1v) is 7.31. The number of thiophene rings is 1. The summed E-state index contributed by atoms with van der Waals surface area (Å²) in [5.41, 5.74) is 2.36. The van der Waals surface area contributed by atoms with E-state index in [-0.39, 0.29) is 0 Å². The van der Waals surface area contributed by atoms with Crippen LogP contribution in [0.5, 0.6) is 0 Å². The Morgan fingerprint density at radius 3 is 2.95 bits per heavy atom. The van der Waals surface area contributed by atoms with Gasteiger partial charge in [0.05, 0.1) is 4.88 Å². The highest BCUT2D eigenvalue weighted by Crippen LogP contribution is 2.34. The molecule has 0 aliphatic heterocycles. The summed E-state index contributed by atoms with van der Waals surface area (Å²) in [7, 11) is 1.98. The number of aromatic nitrogens is 2. The SMILES string of the molecule is CCNCc1cn(C)nc1-c1cc2ccccc2s1. The fraction of sp³-hybridized carbons (Fsp3) is 0.267. The maximum Gasteiger partial charge on any atom is 0.107 e. The van der Waals surface area contributed by atoms with Crippen LogP contribution in [0.25, 0.3) is 20.7 Å². The first kappa shape index (κ1) is 12.4. The van der Waals surface area contributed by atoms with E-state index in [1.54, 1.807) is 0 Å². The van der Waals surface area contributed by atoms with Crippen LogP contribution >= 0.6 is 11.3 Å². The molecule has 98 valence electrons. The molecular weight excluding hydrogens is 254 g/mol. The van der Waals surface area contributed by atoms with Gasteiger partial charge >= 0.3 is 0 Å². The zero-order valence-electron chi connectivity index (χ0n) is 11.2. The van der Waals surface area contributed by atoms with Gasteiger partial charge in [0.1, 0.15) is 5.69 Å². The van der Waals surface area contributed by atoms with E-state index in [4.69, 9.17) is 0 Å². The molecule has 0 bridgehead atoms. The molecule has 1 N–H and O–H groups in total. The Hall–Kier alpha value is -1.65. The molecule has 3 nitrogen and oxygen atoms in total. The third-order valence-electron chi connectivity index (χ3n) is 3.13. The summed E-state index contributed by atoms with van der Waals surface area (Å²) in [6.07, 6.45) is 2.10. The Labute approximate surface area is 116 Å². The lowest BCUT2D eigenvalue weighted by Gasteiger charge is -2.00. The van der Waals surface area contributed by atoms with Crippen LogP contribution in [0.3, 0.4) is 0 Å². The lowest BCUT2D eigenvalue weighted by atomic mass is 10.2. The molecule has 2 heterocycles. The monoisotopic (exact) mass is 271 g/mol. The van der Waals surface area contributed by atoms with Gasteiger partial charge in [-0.2, -0.15) is 5.10 Å². The summed E-state index contributed by atoms with van der Waals surface area (Å²) in [6.45, 7) is 3.96. The first-order valence-electron chi connectivity index (χ1n) is 6.50. The highest BCUT2D eigenvalue weighted by Gasteiger charge is 2.12. The standard InChI is InChI=1S/C15H17N3S/c1-3-16-9-12-10-18(2)17-15(12)14-8-11-6-4-5-7-13(11)19-14/h4-8,10,16H,3,9H2,1-2H3. The lowest BCUT2D eigenvalue weighted by molar-refractivity contribution is 0.724. The average molecular weight is 271 g/mol. The Bertz CT molecular complexity index is 663. The molecule has 0 saturated carbocycles. The number of benzene rings is 1. The number of fused-ring (bicyclic) bond motifs is 1. The number of aryl methyl sites for hydroxylation is 1. The zero-order chi connectivity index (χ0) is 13.2. The quantitative estimate of drug-likeness (QED) is 0.788. The van der Waals surface area contributed by atoms with Crippen molar-refractivity contribution in [1.82, 2.24) is 15.1 Å². The first-order chi connectivity index (χ1) is 9.28. The maximum absolute atomic E-state index is 4.62. The highest BCUT2D eigenvalue weighted by atomic mass is 32.1. The smallest absolute Gasteiger partial charge is 0.107 e. The number of nitrogens with zero attached hydrogens (tertiary/aromatic N) is 2. The normalized spacial score (nSPS) is 11.3. The molecule has 0 saturated heterocycles. The summed E-state index contributed by atoms with van der Waals surface area (Å²) in [6, 6.07) is 10.7. The topological polar surface area (TPSA) is 29.9 Å². The van der Waals surface area contributed by atoms with Gasteiger partial charge in [0, 0.05) is 30.1 Å². The molecule has 3 aromatic rings. The molecule has 0 spiro atoms. The molecule has 19 heavy (non-hydrogen) atoms. The van der Waals surface area contributed by atoms with Gasteiger partial charge in [-0.1, -0.05) is 25.1 Å². The molecule has 4 heteroatoms. The summed E-state index contributed by atoms with van der Waals surface area (Å²) in [4.78, 5) is 1.25. The summed E-state index contributed by atoms with van der Waals surface area (Å²) in [5.74, 6) is 0. The highest BCUT2D eigenvalue weighted by molar-refractivity contribution is 7.22. The van der Waals surface area contributed by atoms with Gasteiger partial charge in [0.25, 0.3) is 0 Å². The molecule has 0 fully saturated rings. The molecule has 0 aliphatic rings. The molecule has 3 rings (SSSR count). The summed E-state index contributed by atoms with van der Waals surface area (Å²) in [5, 5.41) is 9.28. The van der Waals surface area contributed by atoms with Crippen molar-refractivity contribution in [2.24, 2.45) is 7.05 Å². The fourth-order valence-electron chi connectivity index (χ4n) is 2.23. The van der Waals surface area contributed by atoms with Crippen LogP contribution in [-0.2, 0) is 13.6 Å². The van der Waals surface area contributed by atoms with Crippen molar-refractivity contribution in [2.75, 3.05) is 6.54 Å². The molecule has 1 aromatic carbocycles. The molecule has 0 radical (unpaired) electrons. The molecule has 0 atom stereocenters. The van der Waals surface area contributed by atoms with Crippen molar-refractivity contribution in [3.05, 3.63) is 42.1 Å².